The third kappa shape index (κ3) is 4.44. The van der Waals surface area contributed by atoms with Gasteiger partial charge < -0.3 is 16.0 Å². The molecule has 1 aromatic carbocycles. The van der Waals surface area contributed by atoms with E-state index in [1.807, 2.05) is 0 Å². The second kappa shape index (κ2) is 7.22. The molecule has 1 aromatic rings. The highest BCUT2D eigenvalue weighted by Gasteiger charge is 2.24. The van der Waals surface area contributed by atoms with Crippen LogP contribution in [-0.4, -0.2) is 36.4 Å². The Balaban J connectivity index is 2.88. The highest BCUT2D eigenvalue weighted by molar-refractivity contribution is 6.01. The first-order valence-electron chi connectivity index (χ1n) is 6.39. The van der Waals surface area contributed by atoms with Gasteiger partial charge in [0.25, 0.3) is 5.91 Å². The largest absolute Gasteiger partial charge is 0.383 e. The number of hydrogen-bond donors (Lipinski definition) is 3. The Hall–Kier alpha value is -2.64. The van der Waals surface area contributed by atoms with E-state index in [-0.39, 0.29) is 35.4 Å². The van der Waals surface area contributed by atoms with Crippen LogP contribution in [0, 0.1) is 10.1 Å². The summed E-state index contributed by atoms with van der Waals surface area (Å²) in [5.74, 6) is -1.02. The van der Waals surface area contributed by atoms with Crippen LogP contribution in [0.4, 0.5) is 11.4 Å². The number of amides is 2. The Bertz CT molecular complexity index is 557. The van der Waals surface area contributed by atoms with Crippen molar-refractivity contribution in [3.63, 3.8) is 0 Å². The van der Waals surface area contributed by atoms with E-state index in [9.17, 15) is 19.7 Å². The van der Waals surface area contributed by atoms with Crippen LogP contribution >= 0.6 is 0 Å². The molecule has 3 N–H and O–H groups in total. The van der Waals surface area contributed by atoms with Gasteiger partial charge in [0.05, 0.1) is 11.5 Å². The first-order chi connectivity index (χ1) is 9.86. The number of anilines is 1. The molecule has 0 atom stereocenters. The van der Waals surface area contributed by atoms with Crippen molar-refractivity contribution < 1.29 is 14.5 Å². The molecule has 0 aliphatic carbocycles. The van der Waals surface area contributed by atoms with Crippen LogP contribution in [0.3, 0.4) is 0 Å². The molecule has 0 unspecified atom stereocenters. The summed E-state index contributed by atoms with van der Waals surface area (Å²) < 4.78 is 0. The fourth-order valence-corrected chi connectivity index (χ4v) is 1.75. The zero-order chi connectivity index (χ0) is 16.0. The van der Waals surface area contributed by atoms with E-state index in [0.717, 1.165) is 0 Å². The predicted octanol–water partition coefficient (Wildman–Crippen LogP) is 0.891. The van der Waals surface area contributed by atoms with E-state index >= 15 is 0 Å². The number of nitro benzene ring substituents is 1. The minimum atomic E-state index is -0.669. The number of nitrogens with zero attached hydrogens (tertiary/aromatic N) is 1. The summed E-state index contributed by atoms with van der Waals surface area (Å²) in [6.45, 7) is 3.35. The normalized spacial score (nSPS) is 10.1. The first kappa shape index (κ1) is 16.4. The van der Waals surface area contributed by atoms with Crippen molar-refractivity contribution in [2.24, 2.45) is 0 Å². The van der Waals surface area contributed by atoms with E-state index < -0.39 is 10.8 Å². The first-order valence-corrected chi connectivity index (χ1v) is 6.39. The van der Waals surface area contributed by atoms with E-state index in [4.69, 9.17) is 0 Å². The predicted molar refractivity (Wildman–Crippen MR) is 78.3 cm³/mol. The van der Waals surface area contributed by atoms with Gasteiger partial charge >= 0.3 is 5.69 Å². The summed E-state index contributed by atoms with van der Waals surface area (Å²) in [6.07, 6.45) is 0. The maximum absolute atomic E-state index is 12.0. The fourth-order valence-electron chi connectivity index (χ4n) is 1.75. The molecule has 114 valence electrons. The summed E-state index contributed by atoms with van der Waals surface area (Å²) in [5.41, 5.74) is -0.176. The maximum atomic E-state index is 12.0. The summed E-state index contributed by atoms with van der Waals surface area (Å²) in [7, 11) is 1.53. The molecule has 1 rings (SSSR count). The lowest BCUT2D eigenvalue weighted by Gasteiger charge is -2.10. The quantitative estimate of drug-likeness (QED) is 0.532. The lowest BCUT2D eigenvalue weighted by molar-refractivity contribution is -0.384. The monoisotopic (exact) mass is 294 g/mol. The number of nitro groups is 1. The van der Waals surface area contributed by atoms with Gasteiger partial charge in [-0.05, 0) is 26.0 Å². The minimum absolute atomic E-state index is 0.0450. The highest BCUT2D eigenvalue weighted by Crippen LogP contribution is 2.27. The van der Waals surface area contributed by atoms with Gasteiger partial charge in [-0.1, -0.05) is 6.07 Å². The number of carbonyl (C=O) groups is 2. The Morgan fingerprint density at radius 2 is 2.00 bits per heavy atom. The van der Waals surface area contributed by atoms with Gasteiger partial charge in [0.2, 0.25) is 5.91 Å². The van der Waals surface area contributed by atoms with Gasteiger partial charge in [-0.3, -0.25) is 19.7 Å². The topological polar surface area (TPSA) is 113 Å². The summed E-state index contributed by atoms with van der Waals surface area (Å²) in [4.78, 5) is 33.9. The fraction of sp³-hybridized carbons (Fsp3) is 0.385. The number of para-hydroxylation sites is 1. The zero-order valence-corrected chi connectivity index (χ0v) is 12.1. The van der Waals surface area contributed by atoms with Crippen molar-refractivity contribution in [2.75, 3.05) is 18.9 Å². The van der Waals surface area contributed by atoms with Crippen molar-refractivity contribution >= 4 is 23.2 Å². The molecule has 0 saturated heterocycles. The van der Waals surface area contributed by atoms with Crippen LogP contribution in [-0.2, 0) is 4.79 Å². The van der Waals surface area contributed by atoms with Crippen molar-refractivity contribution in [1.82, 2.24) is 10.6 Å². The molecule has 0 aliphatic heterocycles. The molecule has 0 bridgehead atoms. The standard InChI is InChI=1S/C13H18N4O4/c1-8(2)16-11(18)7-15-13(19)9-5-4-6-10(14-3)12(9)17(20)21/h4-6,8,14H,7H2,1-3H3,(H,15,19)(H,16,18). The summed E-state index contributed by atoms with van der Waals surface area (Å²) >= 11 is 0. The number of hydrogen-bond acceptors (Lipinski definition) is 5. The van der Waals surface area contributed by atoms with Crippen molar-refractivity contribution in [2.45, 2.75) is 19.9 Å². The van der Waals surface area contributed by atoms with Crippen LogP contribution in [0.5, 0.6) is 0 Å². The molecule has 8 nitrogen and oxygen atoms in total. The van der Waals surface area contributed by atoms with Crippen molar-refractivity contribution in [1.29, 1.82) is 0 Å². The average molecular weight is 294 g/mol. The molecular weight excluding hydrogens is 276 g/mol. The summed E-state index contributed by atoms with van der Waals surface area (Å²) in [6, 6.07) is 4.33. The van der Waals surface area contributed by atoms with E-state index in [1.165, 1.54) is 25.2 Å². The van der Waals surface area contributed by atoms with E-state index in [1.54, 1.807) is 13.8 Å². The zero-order valence-electron chi connectivity index (χ0n) is 12.1. The lowest BCUT2D eigenvalue weighted by Crippen LogP contribution is -2.39. The second-order valence-corrected chi connectivity index (χ2v) is 4.61. The average Bonchev–Trinajstić information content (AvgIpc) is 2.42. The molecule has 0 spiro atoms. The Kier molecular flexibility index (Phi) is 5.65. The lowest BCUT2D eigenvalue weighted by atomic mass is 10.1. The van der Waals surface area contributed by atoms with Crippen LogP contribution in [0.1, 0.15) is 24.2 Å². The molecule has 8 heteroatoms. The number of carbonyl (C=O) groups excluding carboxylic acids is 2. The van der Waals surface area contributed by atoms with Crippen LogP contribution in [0.15, 0.2) is 18.2 Å². The molecule has 0 radical (unpaired) electrons. The minimum Gasteiger partial charge on any atom is -0.383 e. The maximum Gasteiger partial charge on any atom is 0.305 e. The molecule has 2 amide bonds. The van der Waals surface area contributed by atoms with Gasteiger partial charge in [-0.2, -0.15) is 0 Å². The highest BCUT2D eigenvalue weighted by atomic mass is 16.6. The molecule has 0 heterocycles. The van der Waals surface area contributed by atoms with Gasteiger partial charge in [0.15, 0.2) is 0 Å². The third-order valence-electron chi connectivity index (χ3n) is 2.59. The van der Waals surface area contributed by atoms with Crippen molar-refractivity contribution in [3.8, 4) is 0 Å². The van der Waals surface area contributed by atoms with Gasteiger partial charge in [0, 0.05) is 13.1 Å². The molecule has 21 heavy (non-hydrogen) atoms. The van der Waals surface area contributed by atoms with Crippen LogP contribution in [0.25, 0.3) is 0 Å². The number of benzene rings is 1. The smallest absolute Gasteiger partial charge is 0.305 e. The molecule has 0 fully saturated rings. The Morgan fingerprint density at radius 1 is 1.33 bits per heavy atom. The third-order valence-corrected chi connectivity index (χ3v) is 2.59. The van der Waals surface area contributed by atoms with Gasteiger partial charge in [-0.15, -0.1) is 0 Å². The SMILES string of the molecule is CNc1cccc(C(=O)NCC(=O)NC(C)C)c1[N+](=O)[O-]. The summed E-state index contributed by atoms with van der Waals surface area (Å²) in [5, 5.41) is 18.7. The number of rotatable bonds is 6. The Morgan fingerprint density at radius 3 is 2.52 bits per heavy atom. The molecule has 0 aliphatic rings. The number of nitrogens with one attached hydrogen (secondary N) is 3. The van der Waals surface area contributed by atoms with Crippen molar-refractivity contribution in [3.05, 3.63) is 33.9 Å². The van der Waals surface area contributed by atoms with Crippen LogP contribution < -0.4 is 16.0 Å². The molecule has 0 saturated carbocycles. The van der Waals surface area contributed by atoms with Crippen LogP contribution in [0.2, 0.25) is 0 Å². The second-order valence-electron chi connectivity index (χ2n) is 4.61. The molecular formula is C13H18N4O4. The van der Waals surface area contributed by atoms with Gasteiger partial charge in [-0.25, -0.2) is 0 Å². The van der Waals surface area contributed by atoms with E-state index in [0.29, 0.717) is 0 Å². The Labute approximate surface area is 122 Å². The van der Waals surface area contributed by atoms with Gasteiger partial charge in [0.1, 0.15) is 11.3 Å². The molecule has 0 aromatic heterocycles. The van der Waals surface area contributed by atoms with E-state index in [2.05, 4.69) is 16.0 Å².